The van der Waals surface area contributed by atoms with E-state index in [-0.39, 0.29) is 6.61 Å². The van der Waals surface area contributed by atoms with Gasteiger partial charge in [0.1, 0.15) is 30.5 Å². The van der Waals surface area contributed by atoms with Crippen LogP contribution < -0.4 is 5.32 Å². The monoisotopic (exact) mass is 802 g/mol. The van der Waals surface area contributed by atoms with Crippen LogP contribution in [0.25, 0.3) is 0 Å². The van der Waals surface area contributed by atoms with E-state index in [4.69, 9.17) is 9.47 Å². The molecule has 8 unspecified atom stereocenters. The number of rotatable bonds is 40. The number of unbranched alkanes of at least 4 members (excludes halogenated alkanes) is 29. The second-order valence-corrected chi connectivity index (χ2v) is 17.1. The van der Waals surface area contributed by atoms with E-state index in [0.717, 1.165) is 38.5 Å². The lowest BCUT2D eigenvalue weighted by molar-refractivity contribution is -0.302. The lowest BCUT2D eigenvalue weighted by Crippen LogP contribution is -2.60. The van der Waals surface area contributed by atoms with Crippen LogP contribution >= 0.6 is 0 Å². The molecule has 10 nitrogen and oxygen atoms in total. The van der Waals surface area contributed by atoms with Gasteiger partial charge in [-0.2, -0.15) is 0 Å². The van der Waals surface area contributed by atoms with Gasteiger partial charge in [0.05, 0.1) is 25.4 Å². The minimum Gasteiger partial charge on any atom is -0.394 e. The normalized spacial score (nSPS) is 21.6. The maximum Gasteiger partial charge on any atom is 0.249 e. The van der Waals surface area contributed by atoms with Gasteiger partial charge in [-0.1, -0.05) is 213 Å². The molecule has 1 aliphatic rings. The summed E-state index contributed by atoms with van der Waals surface area (Å²) < 4.78 is 11.2. The third-order valence-corrected chi connectivity index (χ3v) is 11.8. The van der Waals surface area contributed by atoms with E-state index >= 15 is 0 Å². The number of nitrogens with one attached hydrogen (secondary N) is 1. The van der Waals surface area contributed by atoms with Gasteiger partial charge in [0.15, 0.2) is 6.29 Å². The molecule has 0 radical (unpaired) electrons. The molecule has 0 aliphatic carbocycles. The molecule has 56 heavy (non-hydrogen) atoms. The number of amides is 1. The first-order valence-electron chi connectivity index (χ1n) is 23.8. The van der Waals surface area contributed by atoms with Crippen molar-refractivity contribution in [2.75, 3.05) is 13.2 Å². The van der Waals surface area contributed by atoms with Gasteiger partial charge in [-0.3, -0.25) is 4.79 Å². The zero-order chi connectivity index (χ0) is 41.1. The average Bonchev–Trinajstić information content (AvgIpc) is 3.20. The number of aliphatic hydroxyl groups excluding tert-OH is 6. The first kappa shape index (κ1) is 53.2. The highest BCUT2D eigenvalue weighted by Crippen LogP contribution is 2.23. The molecule has 1 amide bonds. The third-order valence-electron chi connectivity index (χ3n) is 11.8. The van der Waals surface area contributed by atoms with Crippen LogP contribution in [0.1, 0.15) is 226 Å². The van der Waals surface area contributed by atoms with E-state index in [1.807, 2.05) is 0 Å². The van der Waals surface area contributed by atoms with E-state index < -0.39 is 61.5 Å². The van der Waals surface area contributed by atoms with Crippen LogP contribution in [0, 0.1) is 0 Å². The van der Waals surface area contributed by atoms with Crippen LogP contribution in [-0.2, 0) is 14.3 Å². The van der Waals surface area contributed by atoms with Crippen molar-refractivity contribution in [1.29, 1.82) is 0 Å². The van der Waals surface area contributed by atoms with Gasteiger partial charge in [0.2, 0.25) is 5.91 Å². The van der Waals surface area contributed by atoms with Gasteiger partial charge in [-0.05, 0) is 12.8 Å². The summed E-state index contributed by atoms with van der Waals surface area (Å²) in [5, 5.41) is 64.9. The summed E-state index contributed by atoms with van der Waals surface area (Å²) in [5.74, 6) is -0.580. The van der Waals surface area contributed by atoms with Crippen molar-refractivity contribution >= 4 is 5.91 Å². The minimum atomic E-state index is -1.59. The number of carbonyl (C=O) groups excluding carboxylic acids is 1. The molecule has 1 rings (SSSR count). The lowest BCUT2D eigenvalue weighted by Gasteiger charge is -2.40. The van der Waals surface area contributed by atoms with E-state index in [0.29, 0.717) is 12.8 Å². The fraction of sp³-hybridized carbons (Fsp3) is 0.978. The molecular formula is C46H91NO9. The Morgan fingerprint density at radius 1 is 0.536 bits per heavy atom. The molecule has 0 aromatic carbocycles. The molecule has 0 aromatic rings. The van der Waals surface area contributed by atoms with Crippen LogP contribution in [0.5, 0.6) is 0 Å². The standard InChI is InChI=1S/C46H91NO9/c1-3-5-7-9-11-13-15-17-19-21-22-24-26-28-30-32-34-39(49)38(37-55-46-44(53)43(52)42(51)41(36-48)56-46)47-45(54)40(50)35-33-31-29-27-25-23-20-18-16-14-12-10-8-6-4-2/h38-44,46,48-53H,3-37H2,1-2H3,(H,47,54). The molecule has 8 atom stereocenters. The van der Waals surface area contributed by atoms with Crippen molar-refractivity contribution in [3.05, 3.63) is 0 Å². The van der Waals surface area contributed by atoms with Gasteiger partial charge in [0.25, 0.3) is 0 Å². The fourth-order valence-electron chi connectivity index (χ4n) is 7.87. The van der Waals surface area contributed by atoms with Gasteiger partial charge in [-0.15, -0.1) is 0 Å². The molecule has 0 spiro atoms. The Morgan fingerprint density at radius 3 is 1.27 bits per heavy atom. The highest BCUT2D eigenvalue weighted by Gasteiger charge is 2.44. The Kier molecular flexibility index (Phi) is 35.3. The Balaban J connectivity index is 2.37. The fourth-order valence-corrected chi connectivity index (χ4v) is 7.87. The maximum atomic E-state index is 13.1. The second kappa shape index (κ2) is 37.2. The Labute approximate surface area is 343 Å². The zero-order valence-electron chi connectivity index (χ0n) is 36.3. The highest BCUT2D eigenvalue weighted by molar-refractivity contribution is 5.80. The molecule has 10 heteroatoms. The molecule has 1 fully saturated rings. The minimum absolute atomic E-state index is 0.250. The number of carbonyl (C=O) groups is 1. The predicted molar refractivity (Wildman–Crippen MR) is 227 cm³/mol. The zero-order valence-corrected chi connectivity index (χ0v) is 36.3. The van der Waals surface area contributed by atoms with Crippen LogP contribution in [0.3, 0.4) is 0 Å². The largest absolute Gasteiger partial charge is 0.394 e. The smallest absolute Gasteiger partial charge is 0.249 e. The van der Waals surface area contributed by atoms with Crippen molar-refractivity contribution < 1.29 is 44.9 Å². The second-order valence-electron chi connectivity index (χ2n) is 17.1. The van der Waals surface area contributed by atoms with E-state index in [1.165, 1.54) is 161 Å². The van der Waals surface area contributed by atoms with Crippen molar-refractivity contribution in [3.8, 4) is 0 Å². The number of hydrogen-bond donors (Lipinski definition) is 7. The van der Waals surface area contributed by atoms with Gasteiger partial charge in [0, 0.05) is 0 Å². The van der Waals surface area contributed by atoms with Gasteiger partial charge in [-0.25, -0.2) is 0 Å². The molecule has 1 aliphatic heterocycles. The molecule has 7 N–H and O–H groups in total. The third kappa shape index (κ3) is 27.0. The van der Waals surface area contributed by atoms with Gasteiger partial charge >= 0.3 is 0 Å². The van der Waals surface area contributed by atoms with Crippen molar-refractivity contribution in [2.24, 2.45) is 0 Å². The van der Waals surface area contributed by atoms with Gasteiger partial charge < -0.3 is 45.4 Å². The Bertz CT molecular complexity index is 864. The number of hydrogen-bond acceptors (Lipinski definition) is 9. The topological polar surface area (TPSA) is 169 Å². The molecule has 0 aromatic heterocycles. The summed E-state index contributed by atoms with van der Waals surface area (Å²) in [6.45, 7) is 3.68. The average molecular weight is 802 g/mol. The van der Waals surface area contributed by atoms with Crippen molar-refractivity contribution in [1.82, 2.24) is 5.32 Å². The number of ether oxygens (including phenoxy) is 2. The van der Waals surface area contributed by atoms with Crippen LogP contribution in [0.2, 0.25) is 0 Å². The summed E-state index contributed by atoms with van der Waals surface area (Å²) in [7, 11) is 0. The van der Waals surface area contributed by atoms with Crippen molar-refractivity contribution in [3.63, 3.8) is 0 Å². The quantitative estimate of drug-likeness (QED) is 0.0299. The summed E-state index contributed by atoms with van der Waals surface area (Å²) in [6, 6.07) is -0.887. The summed E-state index contributed by atoms with van der Waals surface area (Å²) in [5.41, 5.74) is 0. The summed E-state index contributed by atoms with van der Waals surface area (Å²) >= 11 is 0. The highest BCUT2D eigenvalue weighted by atomic mass is 16.7. The van der Waals surface area contributed by atoms with Crippen LogP contribution in [0.4, 0.5) is 0 Å². The van der Waals surface area contributed by atoms with E-state index in [2.05, 4.69) is 19.2 Å². The number of aliphatic hydroxyl groups is 6. The van der Waals surface area contributed by atoms with Crippen LogP contribution in [-0.4, -0.2) is 98.7 Å². The molecule has 1 heterocycles. The SMILES string of the molecule is CCCCCCCCCCCCCCCCCCC(O)C(COC1OC(CO)C(O)C(O)C1O)NC(=O)C(O)CCCCCCCCCCCCCCCCC. The molecule has 334 valence electrons. The van der Waals surface area contributed by atoms with Crippen molar-refractivity contribution in [2.45, 2.75) is 275 Å². The Morgan fingerprint density at radius 2 is 0.893 bits per heavy atom. The first-order valence-corrected chi connectivity index (χ1v) is 23.8. The molecule has 0 saturated carbocycles. The molecule has 1 saturated heterocycles. The first-order chi connectivity index (χ1) is 27.3. The molecular weight excluding hydrogens is 711 g/mol. The van der Waals surface area contributed by atoms with E-state index in [9.17, 15) is 35.4 Å². The summed E-state index contributed by atoms with van der Waals surface area (Å²) in [4.78, 5) is 13.1. The summed E-state index contributed by atoms with van der Waals surface area (Å²) in [6.07, 6.45) is 30.0. The lowest BCUT2D eigenvalue weighted by atomic mass is 9.99. The van der Waals surface area contributed by atoms with E-state index in [1.54, 1.807) is 0 Å². The maximum absolute atomic E-state index is 13.1. The Hall–Kier alpha value is -0.850. The molecule has 0 bridgehead atoms. The van der Waals surface area contributed by atoms with Crippen LogP contribution in [0.15, 0.2) is 0 Å². The predicted octanol–water partition coefficient (Wildman–Crippen LogP) is 8.92.